The highest BCUT2D eigenvalue weighted by atomic mass is 31.0. The predicted molar refractivity (Wildman–Crippen MR) is 135 cm³/mol. The van der Waals surface area contributed by atoms with Gasteiger partial charge < -0.3 is 4.98 Å². The molecule has 5 rings (SSSR count). The minimum absolute atomic E-state index is 0.0124. The monoisotopic (exact) mass is 443 g/mol. The number of H-pyrrole nitrogens is 1. The lowest BCUT2D eigenvalue weighted by Crippen LogP contribution is -2.17. The van der Waals surface area contributed by atoms with Crippen molar-refractivity contribution in [2.75, 3.05) is 0 Å². The fourth-order valence-corrected chi connectivity index (χ4v) is 5.45. The van der Waals surface area contributed by atoms with Crippen molar-refractivity contribution in [3.8, 4) is 11.3 Å². The van der Waals surface area contributed by atoms with E-state index in [0.717, 1.165) is 59.8 Å². The fraction of sp³-hybridized carbons (Fsp3) is 0.370. The van der Waals surface area contributed by atoms with Crippen LogP contribution in [0, 0.1) is 5.92 Å². The number of hydrogen-bond acceptors (Lipinski definition) is 3. The molecule has 1 atom stereocenters. The van der Waals surface area contributed by atoms with Gasteiger partial charge in [-0.2, -0.15) is 0 Å². The van der Waals surface area contributed by atoms with Crippen molar-refractivity contribution < 1.29 is 4.79 Å². The molecule has 0 bridgehead atoms. The number of aromatic nitrogens is 2. The Morgan fingerprint density at radius 2 is 2.00 bits per heavy atom. The number of ketones is 1. The Labute approximate surface area is 192 Å². The fourth-order valence-electron chi connectivity index (χ4n) is 4.97. The van der Waals surface area contributed by atoms with Gasteiger partial charge in [0.15, 0.2) is 11.6 Å². The molecular formula is C27H30N3OP. The number of Topliss-reactive ketones (excluding diaryl/α,β-unsaturated/α-hetero) is 1. The first kappa shape index (κ1) is 21.3. The van der Waals surface area contributed by atoms with Crippen LogP contribution >= 0.6 is 9.24 Å². The summed E-state index contributed by atoms with van der Waals surface area (Å²) < 4.78 is 0. The van der Waals surface area contributed by atoms with Crippen LogP contribution in [-0.4, -0.2) is 22.0 Å². The summed E-state index contributed by atoms with van der Waals surface area (Å²) in [5, 5.41) is 0.994. The first-order valence-corrected chi connectivity index (χ1v) is 12.2. The molecule has 2 heterocycles. The number of aliphatic imine (C=N–C) groups is 1. The van der Waals surface area contributed by atoms with Gasteiger partial charge in [0.25, 0.3) is 0 Å². The summed E-state index contributed by atoms with van der Waals surface area (Å²) in [4.78, 5) is 26.5. The van der Waals surface area contributed by atoms with E-state index in [4.69, 9.17) is 0 Å². The quantitative estimate of drug-likeness (QED) is 0.302. The summed E-state index contributed by atoms with van der Waals surface area (Å²) in [7, 11) is 2.86. The van der Waals surface area contributed by atoms with E-state index in [1.54, 1.807) is 0 Å². The van der Waals surface area contributed by atoms with E-state index < -0.39 is 0 Å². The largest absolute Gasteiger partial charge is 0.357 e. The molecule has 164 valence electrons. The second kappa shape index (κ2) is 8.08. The molecule has 2 aromatic heterocycles. The van der Waals surface area contributed by atoms with Crippen LogP contribution in [0.2, 0.25) is 0 Å². The topological polar surface area (TPSA) is 58.1 Å². The third-order valence-electron chi connectivity index (χ3n) is 7.14. The molecule has 0 spiro atoms. The average Bonchev–Trinajstić information content (AvgIpc) is 3.51. The molecule has 2 aliphatic carbocycles. The average molecular weight is 444 g/mol. The summed E-state index contributed by atoms with van der Waals surface area (Å²) >= 11 is 0. The number of pyridine rings is 1. The molecule has 1 fully saturated rings. The minimum atomic E-state index is -0.0124. The molecule has 1 N–H and O–H groups in total. The van der Waals surface area contributed by atoms with E-state index in [0.29, 0.717) is 5.82 Å². The van der Waals surface area contributed by atoms with Gasteiger partial charge in [-0.05, 0) is 48.8 Å². The van der Waals surface area contributed by atoms with Crippen LogP contribution in [-0.2, 0) is 18.3 Å². The Morgan fingerprint density at radius 3 is 2.66 bits per heavy atom. The first-order chi connectivity index (χ1) is 15.4. The lowest BCUT2D eigenvalue weighted by Gasteiger charge is -2.20. The molecule has 1 unspecified atom stereocenters. The van der Waals surface area contributed by atoms with Crippen LogP contribution in [0.15, 0.2) is 41.5 Å². The number of carbonyl (C=O) groups is 1. The Hall–Kier alpha value is -2.58. The number of rotatable bonds is 6. The molecule has 2 aliphatic rings. The highest BCUT2D eigenvalue weighted by molar-refractivity contribution is 7.28. The Bertz CT molecular complexity index is 1220. The highest BCUT2D eigenvalue weighted by Crippen LogP contribution is 2.54. The van der Waals surface area contributed by atoms with E-state index in [9.17, 15) is 4.79 Å². The van der Waals surface area contributed by atoms with Crippen LogP contribution in [0.3, 0.4) is 0 Å². The SMILES string of the molecule is CCC1(c2[nH]c3c(c2C(=O)C(C)C)CCc2cnc(N=Cc4ccccc4)c(P)c2-3)CC1. The van der Waals surface area contributed by atoms with Gasteiger partial charge in [-0.1, -0.05) is 51.1 Å². The third kappa shape index (κ3) is 3.46. The van der Waals surface area contributed by atoms with E-state index in [1.807, 2.05) is 56.6 Å². The molecule has 4 nitrogen and oxygen atoms in total. The van der Waals surface area contributed by atoms with Gasteiger partial charge in [0.05, 0.1) is 5.69 Å². The molecular weight excluding hydrogens is 413 g/mol. The number of nitrogens with zero attached hydrogens (tertiary/aromatic N) is 2. The van der Waals surface area contributed by atoms with Crippen molar-refractivity contribution in [3.05, 3.63) is 64.5 Å². The van der Waals surface area contributed by atoms with Crippen molar-refractivity contribution >= 4 is 32.4 Å². The van der Waals surface area contributed by atoms with Crippen molar-refractivity contribution in [2.45, 2.75) is 58.3 Å². The summed E-state index contributed by atoms with van der Waals surface area (Å²) in [6.07, 6.45) is 8.97. The Morgan fingerprint density at radius 1 is 1.25 bits per heavy atom. The molecule has 1 saturated carbocycles. The van der Waals surface area contributed by atoms with Crippen molar-refractivity contribution in [2.24, 2.45) is 10.9 Å². The van der Waals surface area contributed by atoms with Crippen LogP contribution in [0.1, 0.15) is 72.8 Å². The van der Waals surface area contributed by atoms with Gasteiger partial charge in [-0.15, -0.1) is 9.24 Å². The number of aryl methyl sites for hydroxylation is 1. The molecule has 32 heavy (non-hydrogen) atoms. The summed E-state index contributed by atoms with van der Waals surface area (Å²) in [5.41, 5.74) is 8.00. The summed E-state index contributed by atoms with van der Waals surface area (Å²) in [6, 6.07) is 10.1. The lowest BCUT2D eigenvalue weighted by molar-refractivity contribution is 0.0937. The van der Waals surface area contributed by atoms with Gasteiger partial charge >= 0.3 is 0 Å². The third-order valence-corrected chi connectivity index (χ3v) is 7.69. The second-order valence-electron chi connectivity index (χ2n) is 9.45. The van der Waals surface area contributed by atoms with Gasteiger partial charge in [-0.25, -0.2) is 9.98 Å². The molecule has 0 amide bonds. The Balaban J connectivity index is 1.65. The maximum Gasteiger partial charge on any atom is 0.167 e. The van der Waals surface area contributed by atoms with E-state index in [2.05, 4.69) is 31.1 Å². The molecule has 0 radical (unpaired) electrons. The number of hydrogen-bond donors (Lipinski definition) is 1. The normalized spacial score (nSPS) is 16.3. The minimum Gasteiger partial charge on any atom is -0.357 e. The van der Waals surface area contributed by atoms with Crippen LogP contribution < -0.4 is 5.30 Å². The van der Waals surface area contributed by atoms with Gasteiger partial charge in [0.2, 0.25) is 0 Å². The number of aromatic amines is 1. The zero-order valence-corrected chi connectivity index (χ0v) is 20.2. The van der Waals surface area contributed by atoms with Crippen molar-refractivity contribution in [1.29, 1.82) is 0 Å². The Kier molecular flexibility index (Phi) is 5.37. The molecule has 0 aliphatic heterocycles. The van der Waals surface area contributed by atoms with Gasteiger partial charge in [0.1, 0.15) is 0 Å². The van der Waals surface area contributed by atoms with E-state index in [1.165, 1.54) is 16.8 Å². The van der Waals surface area contributed by atoms with E-state index in [-0.39, 0.29) is 17.1 Å². The van der Waals surface area contributed by atoms with Crippen LogP contribution in [0.25, 0.3) is 11.3 Å². The maximum absolute atomic E-state index is 13.4. The number of carbonyl (C=O) groups excluding carboxylic acids is 1. The standard InChI is InChI=1S/C27H30N3OP/c1-4-27(12-13-27)25-21(23(31)16(2)3)19-11-10-18-15-29-26(24(32)20(18)22(19)30-25)28-14-17-8-6-5-7-9-17/h5-9,14-16,30H,4,10-13,32H2,1-3H3. The zero-order chi connectivity index (χ0) is 22.5. The molecule has 3 aromatic rings. The summed E-state index contributed by atoms with van der Waals surface area (Å²) in [5.74, 6) is 0.957. The second-order valence-corrected chi connectivity index (χ2v) is 10.0. The van der Waals surface area contributed by atoms with Crippen LogP contribution in [0.5, 0.6) is 0 Å². The van der Waals surface area contributed by atoms with Crippen LogP contribution in [0.4, 0.5) is 5.82 Å². The summed E-state index contributed by atoms with van der Waals surface area (Å²) in [6.45, 7) is 6.26. The van der Waals surface area contributed by atoms with Crippen molar-refractivity contribution in [3.63, 3.8) is 0 Å². The van der Waals surface area contributed by atoms with Crippen molar-refractivity contribution in [1.82, 2.24) is 9.97 Å². The maximum atomic E-state index is 13.4. The smallest absolute Gasteiger partial charge is 0.167 e. The number of nitrogens with one attached hydrogen (secondary N) is 1. The predicted octanol–water partition coefficient (Wildman–Crippen LogP) is 5.71. The van der Waals surface area contributed by atoms with Gasteiger partial charge in [-0.3, -0.25) is 4.79 Å². The molecule has 0 saturated heterocycles. The van der Waals surface area contributed by atoms with Gasteiger partial charge in [0, 0.05) is 45.9 Å². The highest BCUT2D eigenvalue weighted by Gasteiger charge is 2.47. The van der Waals surface area contributed by atoms with E-state index >= 15 is 0 Å². The first-order valence-electron chi connectivity index (χ1n) is 11.6. The zero-order valence-electron chi connectivity index (χ0n) is 19.0. The molecule has 1 aromatic carbocycles. The molecule has 5 heteroatoms. The number of fused-ring (bicyclic) bond motifs is 3. The number of benzene rings is 1. The lowest BCUT2D eigenvalue weighted by atomic mass is 9.84.